The van der Waals surface area contributed by atoms with E-state index in [0.29, 0.717) is 24.9 Å². The fourth-order valence-electron chi connectivity index (χ4n) is 3.85. The van der Waals surface area contributed by atoms with Gasteiger partial charge >= 0.3 is 0 Å². The number of aromatic nitrogens is 2. The third kappa shape index (κ3) is 4.74. The molecule has 2 aromatic rings. The Labute approximate surface area is 184 Å². The van der Waals surface area contributed by atoms with Gasteiger partial charge in [-0.05, 0) is 37.3 Å². The molecule has 1 amide bonds. The van der Waals surface area contributed by atoms with Crippen molar-refractivity contribution in [2.24, 2.45) is 5.92 Å². The number of amides is 1. The summed E-state index contributed by atoms with van der Waals surface area (Å²) in [6.07, 6.45) is 3.16. The summed E-state index contributed by atoms with van der Waals surface area (Å²) in [7, 11) is 0. The van der Waals surface area contributed by atoms with E-state index in [1.807, 2.05) is 22.3 Å². The molecule has 4 heterocycles. The number of rotatable bonds is 5. The molecule has 1 fully saturated rings. The molecule has 0 aliphatic carbocycles. The van der Waals surface area contributed by atoms with Gasteiger partial charge in [0.25, 0.3) is 11.5 Å². The molecule has 2 N–H and O–H groups in total. The molecule has 2 aliphatic rings. The highest BCUT2D eigenvalue weighted by Gasteiger charge is 2.31. The summed E-state index contributed by atoms with van der Waals surface area (Å²) in [6, 6.07) is 3.63. The Hall–Kier alpha value is -1.06. The first-order chi connectivity index (χ1) is 12.7. The van der Waals surface area contributed by atoms with Crippen LogP contribution in [0.1, 0.15) is 39.1 Å². The maximum absolute atomic E-state index is 12.9. The number of halogens is 2. The molecule has 4 rings (SSSR count). The van der Waals surface area contributed by atoms with Gasteiger partial charge in [-0.3, -0.25) is 9.59 Å². The van der Waals surface area contributed by atoms with E-state index in [1.54, 1.807) is 29.2 Å². The monoisotopic (exact) mass is 462 g/mol. The van der Waals surface area contributed by atoms with Crippen molar-refractivity contribution in [2.75, 3.05) is 19.3 Å². The van der Waals surface area contributed by atoms with Crippen LogP contribution in [0.5, 0.6) is 0 Å². The lowest BCUT2D eigenvalue weighted by Gasteiger charge is -2.37. The van der Waals surface area contributed by atoms with Crippen LogP contribution in [0.3, 0.4) is 0 Å². The molecule has 0 aromatic carbocycles. The fourth-order valence-corrected chi connectivity index (χ4v) is 5.36. The largest absolute Gasteiger partial charge is 0.346 e. The Kier molecular flexibility index (Phi) is 8.39. The number of fused-ring (bicyclic) bond motifs is 4. The van der Waals surface area contributed by atoms with Gasteiger partial charge < -0.3 is 15.2 Å². The second kappa shape index (κ2) is 10.1. The molecular formula is C18H24Cl2N4O2S2. The molecule has 2 atom stereocenters. The van der Waals surface area contributed by atoms with E-state index in [1.165, 1.54) is 0 Å². The molecule has 0 unspecified atom stereocenters. The number of nitrogens with zero attached hydrogens (tertiary/aromatic N) is 2. The first-order valence-corrected chi connectivity index (χ1v) is 11.1. The minimum absolute atomic E-state index is 0. The van der Waals surface area contributed by atoms with Gasteiger partial charge in [-0.15, -0.1) is 36.2 Å². The molecule has 2 aliphatic heterocycles. The van der Waals surface area contributed by atoms with Crippen molar-refractivity contribution in [1.29, 1.82) is 0 Å². The normalized spacial score (nSPS) is 19.8. The maximum atomic E-state index is 12.9. The molecule has 0 radical (unpaired) electrons. The van der Waals surface area contributed by atoms with E-state index in [4.69, 9.17) is 0 Å². The van der Waals surface area contributed by atoms with Gasteiger partial charge in [0.15, 0.2) is 0 Å². The summed E-state index contributed by atoms with van der Waals surface area (Å²) < 4.78 is 1.81. The number of thioether (sulfide) groups is 1. The van der Waals surface area contributed by atoms with Gasteiger partial charge in [0.1, 0.15) is 10.6 Å². The number of piperidine rings is 1. The van der Waals surface area contributed by atoms with Gasteiger partial charge in [-0.1, -0.05) is 0 Å². The van der Waals surface area contributed by atoms with Crippen LogP contribution < -0.4 is 16.2 Å². The minimum Gasteiger partial charge on any atom is -0.346 e. The summed E-state index contributed by atoms with van der Waals surface area (Å²) in [4.78, 5) is 29.9. The third-order valence-electron chi connectivity index (χ3n) is 5.05. The fraction of sp³-hybridized carbons (Fsp3) is 0.500. The van der Waals surface area contributed by atoms with E-state index in [0.717, 1.165) is 41.7 Å². The third-order valence-corrected chi connectivity index (χ3v) is 6.69. The second-order valence-corrected chi connectivity index (χ2v) is 8.70. The molecule has 2 bridgehead atoms. The molecule has 1 saturated heterocycles. The Morgan fingerprint density at radius 2 is 2.21 bits per heavy atom. The Morgan fingerprint density at radius 3 is 3.00 bits per heavy atom. The van der Waals surface area contributed by atoms with Crippen LogP contribution in [-0.4, -0.2) is 34.8 Å². The molecule has 10 heteroatoms. The van der Waals surface area contributed by atoms with Crippen molar-refractivity contribution in [3.63, 3.8) is 0 Å². The number of hydrogen-bond acceptors (Lipinski definition) is 6. The zero-order valence-electron chi connectivity index (χ0n) is 15.5. The number of pyridine rings is 1. The van der Waals surface area contributed by atoms with Gasteiger partial charge in [-0.25, -0.2) is 4.98 Å². The van der Waals surface area contributed by atoms with Crippen molar-refractivity contribution in [3.8, 4) is 0 Å². The molecule has 0 spiro atoms. The summed E-state index contributed by atoms with van der Waals surface area (Å²) in [5.41, 5.74) is 1.95. The van der Waals surface area contributed by atoms with Crippen LogP contribution in [0.4, 0.5) is 0 Å². The zero-order valence-corrected chi connectivity index (χ0v) is 18.7. The van der Waals surface area contributed by atoms with E-state index >= 15 is 0 Å². The SMILES string of the molecule is CSCc1nc(CNC(=O)c2ccc3n(c2=O)C[C@@H]2CNC[C@H]3C2)cs1.Cl.Cl. The number of nitrogens with one attached hydrogen (secondary N) is 2. The van der Waals surface area contributed by atoms with Crippen molar-refractivity contribution in [3.05, 3.63) is 49.8 Å². The topological polar surface area (TPSA) is 76.0 Å². The van der Waals surface area contributed by atoms with Crippen molar-refractivity contribution in [2.45, 2.75) is 31.2 Å². The number of carbonyl (C=O) groups is 1. The molecule has 6 nitrogen and oxygen atoms in total. The predicted molar refractivity (Wildman–Crippen MR) is 119 cm³/mol. The van der Waals surface area contributed by atoms with Crippen LogP contribution in [0.15, 0.2) is 22.3 Å². The van der Waals surface area contributed by atoms with Crippen molar-refractivity contribution in [1.82, 2.24) is 20.2 Å². The molecule has 28 heavy (non-hydrogen) atoms. The van der Waals surface area contributed by atoms with Gasteiger partial charge in [0, 0.05) is 35.8 Å². The van der Waals surface area contributed by atoms with Crippen molar-refractivity contribution >= 4 is 53.8 Å². The zero-order chi connectivity index (χ0) is 18.1. The van der Waals surface area contributed by atoms with E-state index in [2.05, 4.69) is 15.6 Å². The summed E-state index contributed by atoms with van der Waals surface area (Å²) >= 11 is 3.32. The first kappa shape index (κ1) is 23.2. The molecular weight excluding hydrogens is 439 g/mol. The van der Waals surface area contributed by atoms with Crippen molar-refractivity contribution < 1.29 is 4.79 Å². The van der Waals surface area contributed by atoms with E-state index < -0.39 is 0 Å². The number of hydrogen-bond donors (Lipinski definition) is 2. The van der Waals surface area contributed by atoms with Crippen LogP contribution in [-0.2, 0) is 18.8 Å². The summed E-state index contributed by atoms with van der Waals surface area (Å²) in [6.45, 7) is 2.90. The quantitative estimate of drug-likeness (QED) is 0.713. The summed E-state index contributed by atoms with van der Waals surface area (Å²) in [5.74, 6) is 1.40. The first-order valence-electron chi connectivity index (χ1n) is 8.80. The van der Waals surface area contributed by atoms with Crippen LogP contribution in [0.25, 0.3) is 0 Å². The maximum Gasteiger partial charge on any atom is 0.263 e. The molecule has 2 aromatic heterocycles. The van der Waals surface area contributed by atoms with Gasteiger partial charge in [0.2, 0.25) is 0 Å². The molecule has 154 valence electrons. The molecule has 0 saturated carbocycles. The van der Waals surface area contributed by atoms with E-state index in [9.17, 15) is 9.59 Å². The Morgan fingerprint density at radius 1 is 1.39 bits per heavy atom. The van der Waals surface area contributed by atoms with Crippen LogP contribution in [0.2, 0.25) is 0 Å². The lowest BCUT2D eigenvalue weighted by Crippen LogP contribution is -2.46. The van der Waals surface area contributed by atoms with Crippen LogP contribution in [0, 0.1) is 5.92 Å². The average molecular weight is 463 g/mol. The number of carbonyl (C=O) groups excluding carboxylic acids is 1. The summed E-state index contributed by atoms with van der Waals surface area (Å²) in [5, 5.41) is 9.28. The number of thiazole rings is 1. The lowest BCUT2D eigenvalue weighted by atomic mass is 9.84. The highest BCUT2D eigenvalue weighted by molar-refractivity contribution is 7.97. The highest BCUT2D eigenvalue weighted by Crippen LogP contribution is 2.31. The van der Waals surface area contributed by atoms with E-state index in [-0.39, 0.29) is 41.8 Å². The highest BCUT2D eigenvalue weighted by atomic mass is 35.5. The Balaban J connectivity index is 0.00000140. The lowest BCUT2D eigenvalue weighted by molar-refractivity contribution is 0.0947. The predicted octanol–water partition coefficient (Wildman–Crippen LogP) is 2.65. The second-order valence-electron chi connectivity index (χ2n) is 6.89. The minimum atomic E-state index is -0.321. The van der Waals surface area contributed by atoms with Gasteiger partial charge in [0.05, 0.1) is 12.2 Å². The van der Waals surface area contributed by atoms with Crippen LogP contribution >= 0.6 is 47.9 Å². The van der Waals surface area contributed by atoms with Gasteiger partial charge in [-0.2, -0.15) is 11.8 Å². The standard InChI is InChI=1S/C18H22N4O2S2.2ClH/c1-25-10-16-21-13(9-26-16)7-20-17(23)14-2-3-15-12-4-11(5-19-6-12)8-22(15)18(14)24;;/h2-3,9,11-12,19H,4-8,10H2,1H3,(H,20,23);2*1H/t11-,12+;;/m0../s1. The smallest absolute Gasteiger partial charge is 0.263 e. The average Bonchev–Trinajstić information content (AvgIpc) is 3.09. The Bertz CT molecular complexity index is 887.